The Labute approximate surface area is 96.8 Å². The van der Waals surface area contributed by atoms with Crippen LogP contribution in [0.1, 0.15) is 28.8 Å². The van der Waals surface area contributed by atoms with Gasteiger partial charge >= 0.3 is 0 Å². The van der Waals surface area contributed by atoms with E-state index in [9.17, 15) is 4.79 Å². The van der Waals surface area contributed by atoms with Crippen LogP contribution in [-0.2, 0) is 6.42 Å². The number of benzene rings is 1. The molecule has 0 atom stereocenters. The first-order chi connectivity index (χ1) is 7.25. The summed E-state index contributed by atoms with van der Waals surface area (Å²) >= 11 is 3.45. The first-order valence-electron chi connectivity index (χ1n) is 5.25. The van der Waals surface area contributed by atoms with Gasteiger partial charge in [0.05, 0.1) is 12.2 Å². The highest BCUT2D eigenvalue weighted by molar-refractivity contribution is 9.10. The maximum absolute atomic E-state index is 12.0. The fraction of sp³-hybridized carbons (Fsp3) is 0.417. The van der Waals surface area contributed by atoms with Gasteiger partial charge in [0.15, 0.2) is 5.78 Å². The second-order valence-electron chi connectivity index (χ2n) is 4.18. The highest BCUT2D eigenvalue weighted by Gasteiger charge is 2.33. The van der Waals surface area contributed by atoms with Crippen LogP contribution in [0.5, 0.6) is 5.75 Å². The van der Waals surface area contributed by atoms with Crippen molar-refractivity contribution in [2.24, 2.45) is 5.92 Å². The second-order valence-corrected chi connectivity index (χ2v) is 5.09. The van der Waals surface area contributed by atoms with E-state index in [-0.39, 0.29) is 11.7 Å². The summed E-state index contributed by atoms with van der Waals surface area (Å²) in [4.78, 5) is 12.0. The van der Waals surface area contributed by atoms with Gasteiger partial charge in [-0.3, -0.25) is 4.79 Å². The van der Waals surface area contributed by atoms with Gasteiger partial charge in [0.25, 0.3) is 0 Å². The lowest BCUT2D eigenvalue weighted by molar-refractivity contribution is 0.0964. The molecule has 1 saturated carbocycles. The van der Waals surface area contributed by atoms with Crippen molar-refractivity contribution < 1.29 is 9.53 Å². The Morgan fingerprint density at radius 1 is 1.40 bits per heavy atom. The number of fused-ring (bicyclic) bond motifs is 1. The predicted molar refractivity (Wildman–Crippen MR) is 60.4 cm³/mol. The monoisotopic (exact) mass is 266 g/mol. The lowest BCUT2D eigenvalue weighted by Gasteiger charge is -2.07. The van der Waals surface area contributed by atoms with Gasteiger partial charge in [0, 0.05) is 16.8 Å². The van der Waals surface area contributed by atoms with Crippen molar-refractivity contribution in [2.75, 3.05) is 6.61 Å². The van der Waals surface area contributed by atoms with Gasteiger partial charge in [0.2, 0.25) is 0 Å². The van der Waals surface area contributed by atoms with E-state index in [0.717, 1.165) is 40.6 Å². The summed E-state index contributed by atoms with van der Waals surface area (Å²) in [7, 11) is 0. The molecule has 1 heterocycles. The van der Waals surface area contributed by atoms with Gasteiger partial charge in [-0.1, -0.05) is 15.9 Å². The molecule has 0 spiro atoms. The number of hydrogen-bond donors (Lipinski definition) is 0. The zero-order valence-electron chi connectivity index (χ0n) is 8.25. The van der Waals surface area contributed by atoms with Crippen LogP contribution in [-0.4, -0.2) is 12.4 Å². The van der Waals surface area contributed by atoms with Crippen molar-refractivity contribution >= 4 is 21.7 Å². The molecule has 0 bridgehead atoms. The Hall–Kier alpha value is -0.830. The van der Waals surface area contributed by atoms with Crippen LogP contribution in [0, 0.1) is 5.92 Å². The molecule has 1 aromatic carbocycles. The topological polar surface area (TPSA) is 26.3 Å². The molecule has 0 radical (unpaired) electrons. The van der Waals surface area contributed by atoms with Gasteiger partial charge < -0.3 is 4.74 Å². The SMILES string of the molecule is O=C(c1cc(Br)cc2c1OCC2)C1CC1. The Bertz CT molecular complexity index is 435. The van der Waals surface area contributed by atoms with Gasteiger partial charge in [-0.25, -0.2) is 0 Å². The second kappa shape index (κ2) is 3.34. The summed E-state index contributed by atoms with van der Waals surface area (Å²) in [5.41, 5.74) is 1.94. The standard InChI is InChI=1S/C12H11BrO2/c13-9-5-8-3-4-15-12(8)10(6-9)11(14)7-1-2-7/h5-7H,1-4H2. The summed E-state index contributed by atoms with van der Waals surface area (Å²) in [6, 6.07) is 3.94. The van der Waals surface area contributed by atoms with E-state index in [1.165, 1.54) is 0 Å². The minimum atomic E-state index is 0.257. The van der Waals surface area contributed by atoms with Crippen LogP contribution >= 0.6 is 15.9 Å². The smallest absolute Gasteiger partial charge is 0.169 e. The summed E-state index contributed by atoms with van der Waals surface area (Å²) < 4.78 is 6.52. The lowest BCUT2D eigenvalue weighted by atomic mass is 10.0. The maximum Gasteiger partial charge on any atom is 0.169 e. The molecule has 2 aliphatic rings. The van der Waals surface area contributed by atoms with Crippen LogP contribution in [0.2, 0.25) is 0 Å². The highest BCUT2D eigenvalue weighted by atomic mass is 79.9. The Kier molecular flexibility index (Phi) is 2.09. The van der Waals surface area contributed by atoms with Crippen molar-refractivity contribution in [2.45, 2.75) is 19.3 Å². The largest absolute Gasteiger partial charge is 0.492 e. The van der Waals surface area contributed by atoms with E-state index in [4.69, 9.17) is 4.74 Å². The molecule has 3 heteroatoms. The summed E-state index contributed by atoms with van der Waals surface area (Å²) in [6.07, 6.45) is 3.00. The van der Waals surface area contributed by atoms with E-state index in [1.54, 1.807) is 0 Å². The van der Waals surface area contributed by atoms with E-state index in [1.807, 2.05) is 12.1 Å². The zero-order valence-corrected chi connectivity index (χ0v) is 9.84. The molecule has 3 rings (SSSR count). The molecule has 2 nitrogen and oxygen atoms in total. The molecule has 0 amide bonds. The Balaban J connectivity index is 2.09. The third-order valence-corrected chi connectivity index (χ3v) is 3.42. The molecule has 1 aliphatic carbocycles. The number of ketones is 1. The molecular formula is C12H11BrO2. The summed E-state index contributed by atoms with van der Waals surface area (Å²) in [5.74, 6) is 1.34. The first-order valence-corrected chi connectivity index (χ1v) is 6.04. The van der Waals surface area contributed by atoms with E-state index in [2.05, 4.69) is 15.9 Å². The minimum Gasteiger partial charge on any atom is -0.492 e. The van der Waals surface area contributed by atoms with Gasteiger partial charge in [-0.2, -0.15) is 0 Å². The van der Waals surface area contributed by atoms with Gasteiger partial charge in [0.1, 0.15) is 5.75 Å². The summed E-state index contributed by atoms with van der Waals surface area (Å²) in [6.45, 7) is 0.705. The van der Waals surface area contributed by atoms with Crippen LogP contribution in [0.25, 0.3) is 0 Å². The van der Waals surface area contributed by atoms with Crippen LogP contribution in [0.15, 0.2) is 16.6 Å². The van der Waals surface area contributed by atoms with Crippen molar-refractivity contribution in [3.8, 4) is 5.75 Å². The van der Waals surface area contributed by atoms with Crippen molar-refractivity contribution in [3.63, 3.8) is 0 Å². The van der Waals surface area contributed by atoms with E-state index >= 15 is 0 Å². The number of carbonyl (C=O) groups is 1. The molecular weight excluding hydrogens is 256 g/mol. The number of hydrogen-bond acceptors (Lipinski definition) is 2. The lowest BCUT2D eigenvalue weighted by Crippen LogP contribution is -2.03. The van der Waals surface area contributed by atoms with E-state index < -0.39 is 0 Å². The van der Waals surface area contributed by atoms with Crippen molar-refractivity contribution in [1.82, 2.24) is 0 Å². The molecule has 0 N–H and O–H groups in total. The fourth-order valence-corrected chi connectivity index (χ4v) is 2.52. The highest BCUT2D eigenvalue weighted by Crippen LogP contribution is 2.39. The maximum atomic E-state index is 12.0. The van der Waals surface area contributed by atoms with Gasteiger partial charge in [-0.05, 0) is 30.5 Å². The number of Topliss-reactive ketones (excluding diaryl/α,β-unsaturated/α-hetero) is 1. The zero-order chi connectivity index (χ0) is 10.4. The molecule has 0 aromatic heterocycles. The van der Waals surface area contributed by atoms with Crippen LogP contribution in [0.3, 0.4) is 0 Å². The normalized spacial score (nSPS) is 18.5. The van der Waals surface area contributed by atoms with Gasteiger partial charge in [-0.15, -0.1) is 0 Å². The average Bonchev–Trinajstić information content (AvgIpc) is 2.96. The summed E-state index contributed by atoms with van der Waals surface area (Å²) in [5, 5.41) is 0. The molecule has 1 fully saturated rings. The first kappa shape index (κ1) is 9.40. The van der Waals surface area contributed by atoms with Crippen LogP contribution in [0.4, 0.5) is 0 Å². The average molecular weight is 267 g/mol. The third kappa shape index (κ3) is 1.59. The minimum absolute atomic E-state index is 0.257. The molecule has 0 saturated heterocycles. The van der Waals surface area contributed by atoms with Crippen molar-refractivity contribution in [1.29, 1.82) is 0 Å². The molecule has 1 aromatic rings. The predicted octanol–water partition coefficient (Wildman–Crippen LogP) is 2.98. The van der Waals surface area contributed by atoms with Crippen molar-refractivity contribution in [3.05, 3.63) is 27.7 Å². The Morgan fingerprint density at radius 3 is 2.93 bits per heavy atom. The number of halogens is 1. The number of carbonyl (C=O) groups excluding carboxylic acids is 1. The third-order valence-electron chi connectivity index (χ3n) is 2.96. The Morgan fingerprint density at radius 2 is 2.20 bits per heavy atom. The van der Waals surface area contributed by atoms with E-state index in [0.29, 0.717) is 6.61 Å². The number of rotatable bonds is 2. The quantitative estimate of drug-likeness (QED) is 0.770. The molecule has 1 aliphatic heterocycles. The molecule has 15 heavy (non-hydrogen) atoms. The fourth-order valence-electron chi connectivity index (χ4n) is 2.02. The van der Waals surface area contributed by atoms with Crippen LogP contribution < -0.4 is 4.74 Å². The molecule has 78 valence electrons. The molecule has 0 unspecified atom stereocenters. The number of ether oxygens (including phenoxy) is 1.